The lowest BCUT2D eigenvalue weighted by Crippen LogP contribution is -2.04. The van der Waals surface area contributed by atoms with E-state index in [4.69, 9.17) is 4.74 Å². The van der Waals surface area contributed by atoms with Gasteiger partial charge in [0, 0.05) is 5.56 Å². The van der Waals surface area contributed by atoms with Crippen LogP contribution in [0.5, 0.6) is 0 Å². The Bertz CT molecular complexity index is 383. The summed E-state index contributed by atoms with van der Waals surface area (Å²) < 4.78 is 5.96. The van der Waals surface area contributed by atoms with Gasteiger partial charge in [-0.05, 0) is 32.6 Å². The third-order valence-electron chi connectivity index (χ3n) is 2.22. The number of aliphatic hydroxyl groups excluding tert-OH is 1. The fourth-order valence-electron chi connectivity index (χ4n) is 1.53. The van der Waals surface area contributed by atoms with Crippen LogP contribution in [-0.2, 0) is 4.74 Å². The monoisotopic (exact) mass is 260 g/mol. The number of hydrogen-bond donors (Lipinski definition) is 1. The van der Waals surface area contributed by atoms with E-state index in [0.717, 1.165) is 15.3 Å². The number of carbonyl (C=O) groups is 1. The van der Waals surface area contributed by atoms with E-state index in [1.54, 1.807) is 25.6 Å². The van der Waals surface area contributed by atoms with Gasteiger partial charge >= 0.3 is 5.97 Å². The van der Waals surface area contributed by atoms with E-state index in [1.165, 1.54) is 11.3 Å². The molecule has 1 aromatic rings. The molecule has 5 heteroatoms. The van der Waals surface area contributed by atoms with Crippen molar-refractivity contribution in [1.82, 2.24) is 0 Å². The molecule has 0 saturated carbocycles. The summed E-state index contributed by atoms with van der Waals surface area (Å²) >= 11 is 2.94. The van der Waals surface area contributed by atoms with Crippen LogP contribution >= 0.6 is 23.1 Å². The third kappa shape index (κ3) is 2.59. The van der Waals surface area contributed by atoms with Crippen LogP contribution in [0.15, 0.2) is 4.21 Å². The number of aliphatic hydroxyl groups is 1. The third-order valence-corrected chi connectivity index (χ3v) is 4.65. The first kappa shape index (κ1) is 13.5. The average Bonchev–Trinajstić information content (AvgIpc) is 2.55. The van der Waals surface area contributed by atoms with Crippen LogP contribution in [0, 0.1) is 6.92 Å². The number of esters is 1. The maximum absolute atomic E-state index is 11.7. The SMILES string of the molecule is CCOC(=O)c1sc(SC)c([C@H](C)O)c1C. The summed E-state index contributed by atoms with van der Waals surface area (Å²) in [6.07, 6.45) is 1.38. The van der Waals surface area contributed by atoms with Gasteiger partial charge in [0.1, 0.15) is 4.88 Å². The van der Waals surface area contributed by atoms with Gasteiger partial charge in [-0.25, -0.2) is 4.79 Å². The lowest BCUT2D eigenvalue weighted by Gasteiger charge is -2.06. The van der Waals surface area contributed by atoms with Crippen LogP contribution in [0.25, 0.3) is 0 Å². The molecule has 1 N–H and O–H groups in total. The van der Waals surface area contributed by atoms with Gasteiger partial charge in [-0.15, -0.1) is 23.1 Å². The van der Waals surface area contributed by atoms with Gasteiger partial charge in [-0.2, -0.15) is 0 Å². The van der Waals surface area contributed by atoms with E-state index in [1.807, 2.05) is 13.2 Å². The van der Waals surface area contributed by atoms with Gasteiger partial charge in [-0.1, -0.05) is 0 Å². The predicted octanol–water partition coefficient (Wildman–Crippen LogP) is 3.01. The lowest BCUT2D eigenvalue weighted by molar-refractivity contribution is 0.0531. The molecule has 0 fully saturated rings. The van der Waals surface area contributed by atoms with Crippen LogP contribution in [0.4, 0.5) is 0 Å². The summed E-state index contributed by atoms with van der Waals surface area (Å²) in [6, 6.07) is 0. The zero-order valence-electron chi connectivity index (χ0n) is 9.86. The zero-order chi connectivity index (χ0) is 12.3. The van der Waals surface area contributed by atoms with Gasteiger partial charge in [0.15, 0.2) is 0 Å². The highest BCUT2D eigenvalue weighted by Gasteiger charge is 2.22. The number of ether oxygens (including phenoxy) is 1. The topological polar surface area (TPSA) is 46.5 Å². The lowest BCUT2D eigenvalue weighted by atomic mass is 10.1. The molecule has 3 nitrogen and oxygen atoms in total. The quantitative estimate of drug-likeness (QED) is 0.668. The first-order chi connectivity index (χ1) is 7.52. The summed E-state index contributed by atoms with van der Waals surface area (Å²) in [5, 5.41) is 9.68. The number of rotatable bonds is 4. The number of thioether (sulfide) groups is 1. The molecule has 0 aliphatic carbocycles. The Morgan fingerprint density at radius 2 is 2.25 bits per heavy atom. The minimum absolute atomic E-state index is 0.299. The molecule has 0 aromatic carbocycles. The first-order valence-corrected chi connectivity index (χ1v) is 7.09. The molecule has 0 spiro atoms. The van der Waals surface area contributed by atoms with E-state index < -0.39 is 6.10 Å². The van der Waals surface area contributed by atoms with Gasteiger partial charge in [0.05, 0.1) is 16.9 Å². The molecule has 0 aliphatic heterocycles. The molecule has 1 rings (SSSR count). The van der Waals surface area contributed by atoms with E-state index in [2.05, 4.69) is 0 Å². The molecule has 0 aliphatic rings. The van der Waals surface area contributed by atoms with Crippen molar-refractivity contribution in [3.05, 3.63) is 16.0 Å². The molecule has 1 heterocycles. The average molecular weight is 260 g/mol. The fraction of sp³-hybridized carbons (Fsp3) is 0.545. The molecular weight excluding hydrogens is 244 g/mol. The highest BCUT2D eigenvalue weighted by Crippen LogP contribution is 2.38. The largest absolute Gasteiger partial charge is 0.462 e. The van der Waals surface area contributed by atoms with Crippen LogP contribution < -0.4 is 0 Å². The number of thiophene rings is 1. The molecule has 0 radical (unpaired) electrons. The maximum Gasteiger partial charge on any atom is 0.348 e. The van der Waals surface area contributed by atoms with Crippen LogP contribution in [0.3, 0.4) is 0 Å². The van der Waals surface area contributed by atoms with E-state index >= 15 is 0 Å². The smallest absolute Gasteiger partial charge is 0.348 e. The summed E-state index contributed by atoms with van der Waals surface area (Å²) in [4.78, 5) is 12.3. The summed E-state index contributed by atoms with van der Waals surface area (Å²) in [5.74, 6) is -0.299. The van der Waals surface area contributed by atoms with Crippen molar-refractivity contribution >= 4 is 29.1 Å². The molecular formula is C11H16O3S2. The second-order valence-corrected chi connectivity index (χ2v) is 5.45. The normalized spacial score (nSPS) is 12.6. The van der Waals surface area contributed by atoms with Crippen molar-refractivity contribution in [2.24, 2.45) is 0 Å². The van der Waals surface area contributed by atoms with Crippen molar-refractivity contribution in [2.45, 2.75) is 31.1 Å². The highest BCUT2D eigenvalue weighted by molar-refractivity contribution is 8.00. The Hall–Kier alpha value is -0.520. The Kier molecular flexibility index (Phi) is 4.83. The summed E-state index contributed by atoms with van der Waals surface area (Å²) in [7, 11) is 0. The maximum atomic E-state index is 11.7. The molecule has 16 heavy (non-hydrogen) atoms. The van der Waals surface area contributed by atoms with Crippen molar-refractivity contribution in [2.75, 3.05) is 12.9 Å². The molecule has 1 atom stereocenters. The van der Waals surface area contributed by atoms with Crippen molar-refractivity contribution < 1.29 is 14.6 Å². The van der Waals surface area contributed by atoms with Crippen molar-refractivity contribution in [1.29, 1.82) is 0 Å². The standard InChI is InChI=1S/C11H16O3S2/c1-5-14-10(13)9-6(2)8(7(3)12)11(15-4)16-9/h7,12H,5H2,1-4H3/t7-/m0/s1. The number of hydrogen-bond acceptors (Lipinski definition) is 5. The van der Waals surface area contributed by atoms with Crippen LogP contribution in [0.1, 0.15) is 40.8 Å². The van der Waals surface area contributed by atoms with Gasteiger partial charge in [0.25, 0.3) is 0 Å². The van der Waals surface area contributed by atoms with Crippen molar-refractivity contribution in [3.8, 4) is 0 Å². The second-order valence-electron chi connectivity index (χ2n) is 3.36. The fourth-order valence-corrected chi connectivity index (χ4v) is 3.68. The van der Waals surface area contributed by atoms with E-state index in [0.29, 0.717) is 11.5 Å². The molecule has 90 valence electrons. The Morgan fingerprint density at radius 1 is 1.62 bits per heavy atom. The van der Waals surface area contributed by atoms with Crippen LogP contribution in [-0.4, -0.2) is 23.9 Å². The minimum atomic E-state index is -0.554. The summed E-state index contributed by atoms with van der Waals surface area (Å²) in [6.45, 7) is 5.72. The zero-order valence-corrected chi connectivity index (χ0v) is 11.5. The van der Waals surface area contributed by atoms with Crippen molar-refractivity contribution in [3.63, 3.8) is 0 Å². The van der Waals surface area contributed by atoms with Gasteiger partial charge in [0.2, 0.25) is 0 Å². The molecule has 1 aromatic heterocycles. The second kappa shape index (κ2) is 5.70. The number of carbonyl (C=O) groups excluding carboxylic acids is 1. The molecule has 0 unspecified atom stereocenters. The Balaban J connectivity index is 3.17. The molecule has 0 saturated heterocycles. The first-order valence-electron chi connectivity index (χ1n) is 5.05. The molecule has 0 amide bonds. The highest BCUT2D eigenvalue weighted by atomic mass is 32.2. The van der Waals surface area contributed by atoms with E-state index in [9.17, 15) is 9.90 Å². The Labute approximate surface area is 104 Å². The molecule has 0 bridgehead atoms. The van der Waals surface area contributed by atoms with Gasteiger partial charge in [-0.3, -0.25) is 0 Å². The Morgan fingerprint density at radius 3 is 2.62 bits per heavy atom. The van der Waals surface area contributed by atoms with Gasteiger partial charge < -0.3 is 9.84 Å². The van der Waals surface area contributed by atoms with E-state index in [-0.39, 0.29) is 5.97 Å². The summed E-state index contributed by atoms with van der Waals surface area (Å²) in [5.41, 5.74) is 1.68. The predicted molar refractivity (Wildman–Crippen MR) is 67.4 cm³/mol. The van der Waals surface area contributed by atoms with Crippen LogP contribution in [0.2, 0.25) is 0 Å². The minimum Gasteiger partial charge on any atom is -0.462 e.